The minimum absolute atomic E-state index is 0.197. The number of rotatable bonds is 10. The molecule has 10 nitrogen and oxygen atoms in total. The van der Waals surface area contributed by atoms with Crippen molar-refractivity contribution in [1.29, 1.82) is 0 Å². The van der Waals surface area contributed by atoms with Gasteiger partial charge in [-0.3, -0.25) is 28.8 Å². The Morgan fingerprint density at radius 2 is 0.865 bits per heavy atom. The summed E-state index contributed by atoms with van der Waals surface area (Å²) in [5.74, 6) is -1.58. The molecular weight excluding hydrogens is 656 g/mol. The maximum atomic E-state index is 13.3. The van der Waals surface area contributed by atoms with Gasteiger partial charge in [0.1, 0.15) is 12.1 Å². The number of anilines is 2. The van der Waals surface area contributed by atoms with Gasteiger partial charge in [-0.25, -0.2) is 0 Å². The molecule has 0 aliphatic carbocycles. The highest BCUT2D eigenvalue weighted by Gasteiger charge is 2.37. The lowest BCUT2D eigenvalue weighted by atomic mass is 10.0. The van der Waals surface area contributed by atoms with E-state index < -0.39 is 12.1 Å². The van der Waals surface area contributed by atoms with Crippen LogP contribution in [0.2, 0.25) is 0 Å². The van der Waals surface area contributed by atoms with E-state index in [2.05, 4.69) is 10.6 Å². The van der Waals surface area contributed by atoms with Gasteiger partial charge in [-0.15, -0.1) is 0 Å². The van der Waals surface area contributed by atoms with Crippen LogP contribution in [0.1, 0.15) is 92.1 Å². The second-order valence-electron chi connectivity index (χ2n) is 13.1. The number of nitrogens with zero attached hydrogens (tertiary/aromatic N) is 2. The molecule has 6 rings (SSSR count). The van der Waals surface area contributed by atoms with Crippen LogP contribution in [-0.2, 0) is 9.59 Å². The molecular formula is C42H40N4O6. The molecule has 2 N–H and O–H groups in total. The Morgan fingerprint density at radius 3 is 1.21 bits per heavy atom. The standard InChI is InChI=1S/C42H40N4O6/c1-27(47)33-9-3-5-11-35(33)41(51)45-25-7-13-37(45)39(49)43-31-21-17-29(18-22-31)15-16-30-19-23-32(24-20-30)44-40(50)38-14-8-26-46(38)42(52)36-12-6-4-10-34(36)28(2)48/h3-6,9-12,15-24,37-38H,7-8,13-14,25-26H2,1-2H3,(H,43,49)(H,44,50)/t37-,38-/m0/s1. The summed E-state index contributed by atoms with van der Waals surface area (Å²) in [6.07, 6.45) is 6.34. The van der Waals surface area contributed by atoms with Crippen molar-refractivity contribution in [2.75, 3.05) is 23.7 Å². The molecule has 0 spiro atoms. The van der Waals surface area contributed by atoms with Crippen molar-refractivity contribution < 1.29 is 28.8 Å². The number of carbonyl (C=O) groups excluding carboxylic acids is 6. The van der Waals surface area contributed by atoms with Crippen LogP contribution in [0.3, 0.4) is 0 Å². The van der Waals surface area contributed by atoms with E-state index in [-0.39, 0.29) is 35.2 Å². The quantitative estimate of drug-likeness (QED) is 0.139. The summed E-state index contributed by atoms with van der Waals surface area (Å²) in [5.41, 5.74) is 4.35. The third-order valence-electron chi connectivity index (χ3n) is 9.53. The van der Waals surface area contributed by atoms with Gasteiger partial charge in [-0.2, -0.15) is 0 Å². The average Bonchev–Trinajstić information content (AvgIpc) is 3.86. The smallest absolute Gasteiger partial charge is 0.255 e. The molecule has 2 fully saturated rings. The van der Waals surface area contributed by atoms with Crippen molar-refractivity contribution in [3.05, 3.63) is 130 Å². The van der Waals surface area contributed by atoms with E-state index in [1.54, 1.807) is 82.6 Å². The zero-order valence-electron chi connectivity index (χ0n) is 29.1. The molecule has 264 valence electrons. The number of likely N-dealkylation sites (tertiary alicyclic amines) is 2. The number of benzene rings is 4. The Balaban J connectivity index is 1.03. The summed E-state index contributed by atoms with van der Waals surface area (Å²) in [7, 11) is 0. The first-order valence-corrected chi connectivity index (χ1v) is 17.4. The molecule has 10 heteroatoms. The van der Waals surface area contributed by atoms with Crippen molar-refractivity contribution in [3.8, 4) is 0 Å². The molecule has 2 heterocycles. The van der Waals surface area contributed by atoms with Crippen LogP contribution < -0.4 is 10.6 Å². The molecule has 0 radical (unpaired) electrons. The molecule has 0 bridgehead atoms. The summed E-state index contributed by atoms with van der Waals surface area (Å²) in [5, 5.41) is 5.86. The summed E-state index contributed by atoms with van der Waals surface area (Å²) in [6.45, 7) is 3.74. The SMILES string of the molecule is CC(=O)c1ccccc1C(=O)N1CCC[C@H]1C(=O)Nc1ccc(C=Cc2ccc(NC(=O)[C@@H]3CCCN3C(=O)c3ccccc3C(C)=O)cc2)cc1. The van der Waals surface area contributed by atoms with Crippen LogP contribution in [0.25, 0.3) is 12.2 Å². The molecule has 4 aromatic rings. The Kier molecular flexibility index (Phi) is 10.8. The van der Waals surface area contributed by atoms with Crippen LogP contribution >= 0.6 is 0 Å². The highest BCUT2D eigenvalue weighted by atomic mass is 16.2. The fraction of sp³-hybridized carbons (Fsp3) is 0.238. The molecule has 52 heavy (non-hydrogen) atoms. The fourth-order valence-electron chi connectivity index (χ4n) is 6.83. The zero-order valence-corrected chi connectivity index (χ0v) is 29.1. The molecule has 0 saturated carbocycles. The number of carbonyl (C=O) groups is 6. The first kappa shape index (κ1) is 35.7. The normalized spacial score (nSPS) is 16.9. The molecule has 2 saturated heterocycles. The first-order valence-electron chi connectivity index (χ1n) is 17.4. The Bertz CT molecular complexity index is 1910. The van der Waals surface area contributed by atoms with E-state index in [1.807, 2.05) is 36.4 Å². The summed E-state index contributed by atoms with van der Waals surface area (Å²) in [4.78, 5) is 80.4. The van der Waals surface area contributed by atoms with Gasteiger partial charge in [-0.1, -0.05) is 72.8 Å². The minimum Gasteiger partial charge on any atom is -0.327 e. The predicted molar refractivity (Wildman–Crippen MR) is 200 cm³/mol. The van der Waals surface area contributed by atoms with E-state index in [0.717, 1.165) is 11.1 Å². The van der Waals surface area contributed by atoms with E-state index in [9.17, 15) is 28.8 Å². The highest BCUT2D eigenvalue weighted by Crippen LogP contribution is 2.26. The molecule has 2 aliphatic heterocycles. The van der Waals surface area contributed by atoms with Crippen LogP contribution in [0.4, 0.5) is 11.4 Å². The maximum Gasteiger partial charge on any atom is 0.255 e. The van der Waals surface area contributed by atoms with Gasteiger partial charge in [0.25, 0.3) is 11.8 Å². The largest absolute Gasteiger partial charge is 0.327 e. The molecule has 2 aliphatic rings. The number of hydrogen-bond acceptors (Lipinski definition) is 6. The van der Waals surface area contributed by atoms with E-state index in [0.29, 0.717) is 72.4 Å². The number of ketones is 2. The topological polar surface area (TPSA) is 133 Å². The van der Waals surface area contributed by atoms with Gasteiger partial charge in [0.05, 0.1) is 11.1 Å². The van der Waals surface area contributed by atoms with E-state index in [1.165, 1.54) is 13.8 Å². The van der Waals surface area contributed by atoms with Crippen LogP contribution in [0.15, 0.2) is 97.1 Å². The van der Waals surface area contributed by atoms with Gasteiger partial charge in [0.15, 0.2) is 11.6 Å². The van der Waals surface area contributed by atoms with Gasteiger partial charge in [-0.05, 0) is 87.1 Å². The van der Waals surface area contributed by atoms with Gasteiger partial charge >= 0.3 is 0 Å². The van der Waals surface area contributed by atoms with Crippen molar-refractivity contribution in [3.63, 3.8) is 0 Å². The van der Waals surface area contributed by atoms with Crippen molar-refractivity contribution in [2.24, 2.45) is 0 Å². The zero-order chi connectivity index (χ0) is 36.8. The third-order valence-corrected chi connectivity index (χ3v) is 9.53. The molecule has 4 amide bonds. The second kappa shape index (κ2) is 15.8. The third kappa shape index (κ3) is 7.91. The van der Waals surface area contributed by atoms with Crippen molar-refractivity contribution in [2.45, 2.75) is 51.6 Å². The van der Waals surface area contributed by atoms with E-state index >= 15 is 0 Å². The maximum absolute atomic E-state index is 13.3. The Morgan fingerprint density at radius 1 is 0.519 bits per heavy atom. The lowest BCUT2D eigenvalue weighted by Crippen LogP contribution is -2.43. The summed E-state index contributed by atoms with van der Waals surface area (Å²) < 4.78 is 0. The lowest BCUT2D eigenvalue weighted by Gasteiger charge is -2.25. The van der Waals surface area contributed by atoms with Crippen LogP contribution in [0, 0.1) is 0 Å². The Hall–Kier alpha value is -6.16. The number of amides is 4. The highest BCUT2D eigenvalue weighted by molar-refractivity contribution is 6.10. The first-order chi connectivity index (χ1) is 25.1. The summed E-state index contributed by atoms with van der Waals surface area (Å²) >= 11 is 0. The molecule has 2 atom stereocenters. The predicted octanol–water partition coefficient (Wildman–Crippen LogP) is 6.75. The van der Waals surface area contributed by atoms with Gasteiger partial charge < -0.3 is 20.4 Å². The number of hydrogen-bond donors (Lipinski definition) is 2. The lowest BCUT2D eigenvalue weighted by molar-refractivity contribution is -0.120. The second-order valence-corrected chi connectivity index (χ2v) is 13.1. The summed E-state index contributed by atoms with van der Waals surface area (Å²) in [6, 6.07) is 26.8. The monoisotopic (exact) mass is 696 g/mol. The van der Waals surface area contributed by atoms with Crippen molar-refractivity contribution >= 4 is 58.7 Å². The van der Waals surface area contributed by atoms with Gasteiger partial charge in [0, 0.05) is 35.6 Å². The van der Waals surface area contributed by atoms with Crippen LogP contribution in [0.5, 0.6) is 0 Å². The fourth-order valence-corrected chi connectivity index (χ4v) is 6.83. The molecule has 0 aromatic heterocycles. The average molecular weight is 697 g/mol. The Labute approximate surface area is 302 Å². The minimum atomic E-state index is -0.630. The molecule has 0 unspecified atom stereocenters. The molecule has 4 aromatic carbocycles. The van der Waals surface area contributed by atoms with E-state index in [4.69, 9.17) is 0 Å². The number of nitrogens with one attached hydrogen (secondary N) is 2. The number of Topliss-reactive ketones (excluding diaryl/α,β-unsaturated/α-hetero) is 2. The van der Waals surface area contributed by atoms with Crippen LogP contribution in [-0.4, -0.2) is 70.2 Å². The van der Waals surface area contributed by atoms with Crippen molar-refractivity contribution in [1.82, 2.24) is 9.80 Å². The van der Waals surface area contributed by atoms with Gasteiger partial charge in [0.2, 0.25) is 11.8 Å².